The van der Waals surface area contributed by atoms with Crippen LogP contribution in [0.25, 0.3) is 6.08 Å². The first kappa shape index (κ1) is 18.3. The Hall–Kier alpha value is -1.07. The van der Waals surface area contributed by atoms with Gasteiger partial charge in [0.05, 0.1) is 18.3 Å². The van der Waals surface area contributed by atoms with Gasteiger partial charge >= 0.3 is 13.5 Å². The molecule has 0 aromatic carbocycles. The summed E-state index contributed by atoms with van der Waals surface area (Å²) in [5, 5.41) is 9.87. The summed E-state index contributed by atoms with van der Waals surface area (Å²) in [6.45, 7) is -0.534. The van der Waals surface area contributed by atoms with Gasteiger partial charge in [0, 0.05) is 12.6 Å². The van der Waals surface area contributed by atoms with Gasteiger partial charge in [-0.1, -0.05) is 15.9 Å². The normalized spacial score (nSPS) is 25.3. The topological polar surface area (TPSA) is 151 Å². The summed E-state index contributed by atoms with van der Waals surface area (Å²) in [5.41, 5.74) is -1.12. The number of ether oxygens (including phenoxy) is 1. The maximum atomic E-state index is 11.9. The molecule has 4 N–H and O–H groups in total. The van der Waals surface area contributed by atoms with Gasteiger partial charge < -0.3 is 19.6 Å². The number of hydrogen-bond donors (Lipinski definition) is 4. The molecule has 10 nitrogen and oxygen atoms in total. The molecule has 0 bridgehead atoms. The Morgan fingerprint density at radius 2 is 2.22 bits per heavy atom. The molecule has 1 aliphatic rings. The Kier molecular flexibility index (Phi) is 5.74. The monoisotopic (exact) mass is 412 g/mol. The van der Waals surface area contributed by atoms with Gasteiger partial charge in [-0.3, -0.25) is 18.9 Å². The molecule has 12 heteroatoms. The zero-order chi connectivity index (χ0) is 17.2. The van der Waals surface area contributed by atoms with Crippen molar-refractivity contribution in [2.45, 2.75) is 24.9 Å². The Morgan fingerprint density at radius 1 is 1.52 bits per heavy atom. The van der Waals surface area contributed by atoms with Crippen molar-refractivity contribution in [1.82, 2.24) is 9.55 Å². The van der Waals surface area contributed by atoms with Crippen LogP contribution in [0, 0.1) is 0 Å². The molecule has 2 heterocycles. The maximum Gasteiger partial charge on any atom is 0.469 e. The molecule has 0 spiro atoms. The third kappa shape index (κ3) is 4.70. The van der Waals surface area contributed by atoms with Crippen molar-refractivity contribution < 1.29 is 28.7 Å². The van der Waals surface area contributed by atoms with Crippen molar-refractivity contribution in [2.75, 3.05) is 6.61 Å². The summed E-state index contributed by atoms with van der Waals surface area (Å²) in [6, 6.07) is 0. The second-order valence-corrected chi connectivity index (χ2v) is 6.53. The Bertz CT molecular complexity index is 753. The minimum Gasteiger partial charge on any atom is -0.390 e. The molecule has 1 aliphatic heterocycles. The molecule has 0 aliphatic carbocycles. The number of aromatic nitrogens is 2. The SMILES string of the molecule is O=c1[nH]c(=O)n([C@H]2C[C@H](O)[C@@H](COP(=O)(O)O)O2)cc1C=CBr. The maximum absolute atomic E-state index is 11.9. The van der Waals surface area contributed by atoms with Gasteiger partial charge in [0.1, 0.15) is 12.3 Å². The average molecular weight is 413 g/mol. The van der Waals surface area contributed by atoms with Gasteiger partial charge in [-0.2, -0.15) is 0 Å². The van der Waals surface area contributed by atoms with Gasteiger partial charge in [-0.05, 0) is 11.1 Å². The van der Waals surface area contributed by atoms with Crippen molar-refractivity contribution >= 4 is 29.8 Å². The van der Waals surface area contributed by atoms with Gasteiger partial charge in [0.2, 0.25) is 0 Å². The molecule has 3 atom stereocenters. The molecular formula is C11H14BrN2O8P. The van der Waals surface area contributed by atoms with E-state index in [4.69, 9.17) is 14.5 Å². The van der Waals surface area contributed by atoms with Gasteiger partial charge in [-0.15, -0.1) is 0 Å². The lowest BCUT2D eigenvalue weighted by Gasteiger charge is -2.16. The van der Waals surface area contributed by atoms with E-state index in [1.807, 2.05) is 0 Å². The molecule has 0 radical (unpaired) electrons. The highest BCUT2D eigenvalue weighted by Gasteiger charge is 2.37. The number of rotatable bonds is 5. The number of nitrogens with one attached hydrogen (secondary N) is 1. The first-order chi connectivity index (χ1) is 10.7. The van der Waals surface area contributed by atoms with Crippen LogP contribution in [0.4, 0.5) is 0 Å². The lowest BCUT2D eigenvalue weighted by molar-refractivity contribution is -0.0451. The first-order valence-corrected chi connectivity index (χ1v) is 8.81. The van der Waals surface area contributed by atoms with Crippen molar-refractivity contribution in [3.8, 4) is 0 Å². The van der Waals surface area contributed by atoms with Crippen LogP contribution in [0.3, 0.4) is 0 Å². The second-order valence-electron chi connectivity index (χ2n) is 4.76. The lowest BCUT2D eigenvalue weighted by Crippen LogP contribution is -2.33. The molecule has 1 aromatic rings. The van der Waals surface area contributed by atoms with E-state index in [2.05, 4.69) is 25.4 Å². The van der Waals surface area contributed by atoms with E-state index in [9.17, 15) is 19.3 Å². The molecule has 2 rings (SSSR count). The summed E-state index contributed by atoms with van der Waals surface area (Å²) in [6.07, 6.45) is -0.306. The number of phosphoric acid groups is 1. The molecule has 0 saturated carbocycles. The van der Waals surface area contributed by atoms with E-state index in [1.54, 1.807) is 0 Å². The predicted octanol–water partition coefficient (Wildman–Crippen LogP) is -0.340. The minimum absolute atomic E-state index is 0.00139. The van der Waals surface area contributed by atoms with Crippen LogP contribution in [0.2, 0.25) is 0 Å². The largest absolute Gasteiger partial charge is 0.469 e. The molecule has 1 saturated heterocycles. The number of H-pyrrole nitrogens is 1. The summed E-state index contributed by atoms with van der Waals surface area (Å²) in [5.74, 6) is 0. The summed E-state index contributed by atoms with van der Waals surface area (Å²) in [7, 11) is -4.69. The van der Waals surface area contributed by atoms with E-state index in [-0.39, 0.29) is 12.0 Å². The minimum atomic E-state index is -4.69. The van der Waals surface area contributed by atoms with E-state index >= 15 is 0 Å². The Labute approximate surface area is 137 Å². The highest BCUT2D eigenvalue weighted by atomic mass is 79.9. The van der Waals surface area contributed by atoms with Crippen LogP contribution in [0.1, 0.15) is 18.2 Å². The fourth-order valence-electron chi connectivity index (χ4n) is 2.11. The number of aliphatic hydroxyl groups excluding tert-OH is 1. The quantitative estimate of drug-likeness (QED) is 0.479. The van der Waals surface area contributed by atoms with Crippen LogP contribution in [0.15, 0.2) is 20.8 Å². The lowest BCUT2D eigenvalue weighted by atomic mass is 10.2. The van der Waals surface area contributed by atoms with Gasteiger partial charge in [0.15, 0.2) is 0 Å². The Balaban J connectivity index is 2.20. The third-order valence-electron chi connectivity index (χ3n) is 3.16. The first-order valence-electron chi connectivity index (χ1n) is 6.37. The molecule has 0 amide bonds. The zero-order valence-corrected chi connectivity index (χ0v) is 14.0. The number of aliphatic hydroxyl groups is 1. The molecular weight excluding hydrogens is 399 g/mol. The number of hydrogen-bond acceptors (Lipinski definition) is 6. The van der Waals surface area contributed by atoms with Crippen molar-refractivity contribution in [3.63, 3.8) is 0 Å². The van der Waals surface area contributed by atoms with Crippen LogP contribution in [0.5, 0.6) is 0 Å². The second kappa shape index (κ2) is 7.22. The third-order valence-corrected chi connectivity index (χ3v) is 3.91. The van der Waals surface area contributed by atoms with E-state index in [0.29, 0.717) is 0 Å². The van der Waals surface area contributed by atoms with Crippen molar-refractivity contribution in [3.05, 3.63) is 37.6 Å². The highest BCUT2D eigenvalue weighted by molar-refractivity contribution is 9.11. The number of phosphoric ester groups is 1. The number of nitrogens with zero attached hydrogens (tertiary/aromatic N) is 1. The van der Waals surface area contributed by atoms with Gasteiger partial charge in [0.25, 0.3) is 5.56 Å². The van der Waals surface area contributed by atoms with Crippen LogP contribution >= 0.6 is 23.8 Å². The standard InChI is InChI=1S/C11H14BrN2O8P/c12-2-1-6-4-14(11(17)13-10(6)16)9-3-7(15)8(22-9)5-21-23(18,19)20/h1-2,4,7-9,15H,3,5H2,(H,13,16,17)(H2,18,19,20)/t7-,8+,9+/m0/s1. The smallest absolute Gasteiger partial charge is 0.390 e. The van der Waals surface area contributed by atoms with E-state index < -0.39 is 44.1 Å². The zero-order valence-electron chi connectivity index (χ0n) is 11.5. The number of aromatic amines is 1. The molecule has 23 heavy (non-hydrogen) atoms. The molecule has 0 unspecified atom stereocenters. The number of halogens is 1. The van der Waals surface area contributed by atoms with Gasteiger partial charge in [-0.25, -0.2) is 9.36 Å². The molecule has 128 valence electrons. The van der Waals surface area contributed by atoms with Crippen LogP contribution in [-0.2, 0) is 13.8 Å². The summed E-state index contributed by atoms with van der Waals surface area (Å²) >= 11 is 3.02. The average Bonchev–Trinajstić information content (AvgIpc) is 2.80. The van der Waals surface area contributed by atoms with Crippen molar-refractivity contribution in [2.24, 2.45) is 0 Å². The fraction of sp³-hybridized carbons (Fsp3) is 0.455. The van der Waals surface area contributed by atoms with Crippen molar-refractivity contribution in [1.29, 1.82) is 0 Å². The predicted molar refractivity (Wildman–Crippen MR) is 81.8 cm³/mol. The Morgan fingerprint density at radius 3 is 2.83 bits per heavy atom. The molecule has 1 fully saturated rings. The van der Waals surface area contributed by atoms with Crippen LogP contribution < -0.4 is 11.2 Å². The van der Waals surface area contributed by atoms with Crippen LogP contribution in [-0.4, -0.2) is 43.3 Å². The summed E-state index contributed by atoms with van der Waals surface area (Å²) in [4.78, 5) is 44.3. The molecule has 1 aromatic heterocycles. The highest BCUT2D eigenvalue weighted by Crippen LogP contribution is 2.38. The van der Waals surface area contributed by atoms with E-state index in [1.165, 1.54) is 17.3 Å². The summed E-state index contributed by atoms with van der Waals surface area (Å²) < 4.78 is 21.5. The fourth-order valence-corrected chi connectivity index (χ4v) is 2.73. The van der Waals surface area contributed by atoms with E-state index in [0.717, 1.165) is 4.57 Å².